The molecule has 130 valence electrons. The number of hydrogen-bond acceptors (Lipinski definition) is 6. The van der Waals surface area contributed by atoms with Crippen LogP contribution in [0.25, 0.3) is 0 Å². The second-order valence-corrected chi connectivity index (χ2v) is 5.48. The molecule has 2 aromatic heterocycles. The van der Waals surface area contributed by atoms with E-state index in [9.17, 15) is 27.7 Å². The zero-order valence-corrected chi connectivity index (χ0v) is 12.0. The molecule has 0 radical (unpaired) electrons. The van der Waals surface area contributed by atoms with E-state index < -0.39 is 48.6 Å². The van der Waals surface area contributed by atoms with Crippen LogP contribution in [0.2, 0.25) is 0 Å². The number of nitrogens with zero attached hydrogens (tertiary/aromatic N) is 7. The molecule has 13 heteroatoms. The van der Waals surface area contributed by atoms with Crippen LogP contribution in [-0.2, 0) is 0 Å². The van der Waals surface area contributed by atoms with E-state index in [0.29, 0.717) is 0 Å². The lowest BCUT2D eigenvalue weighted by Gasteiger charge is -2.35. The molecule has 0 aliphatic heterocycles. The third-order valence-electron chi connectivity index (χ3n) is 3.75. The van der Waals surface area contributed by atoms with E-state index in [1.54, 1.807) is 0 Å². The molecule has 2 heterocycles. The van der Waals surface area contributed by atoms with Crippen LogP contribution in [-0.4, -0.2) is 47.3 Å². The van der Waals surface area contributed by atoms with E-state index in [1.807, 2.05) is 0 Å². The Morgan fingerprint density at radius 2 is 2.12 bits per heavy atom. The minimum absolute atomic E-state index is 0.0891. The Morgan fingerprint density at radius 1 is 1.42 bits per heavy atom. The van der Waals surface area contributed by atoms with Crippen molar-refractivity contribution < 1.29 is 22.5 Å². The van der Waals surface area contributed by atoms with Crippen molar-refractivity contribution >= 4 is 5.69 Å². The van der Waals surface area contributed by atoms with Gasteiger partial charge in [0.05, 0.1) is 11.0 Å². The first-order valence-electron chi connectivity index (χ1n) is 6.89. The van der Waals surface area contributed by atoms with Gasteiger partial charge in [0.1, 0.15) is 18.4 Å². The highest BCUT2D eigenvalue weighted by molar-refractivity contribution is 5.22. The fourth-order valence-corrected chi connectivity index (χ4v) is 2.58. The number of tetrazole rings is 1. The molecular weight excluding hydrogens is 338 g/mol. The maximum Gasteiger partial charge on any atom is 0.307 e. The molecule has 0 bridgehead atoms. The second-order valence-electron chi connectivity index (χ2n) is 5.48. The Labute approximate surface area is 131 Å². The number of hydrogen-bond donors (Lipinski definition) is 0. The van der Waals surface area contributed by atoms with Gasteiger partial charge in [-0.25, -0.2) is 22.2 Å². The van der Waals surface area contributed by atoms with Gasteiger partial charge >= 0.3 is 5.69 Å². The predicted octanol–water partition coefficient (Wildman–Crippen LogP) is 1.99. The molecule has 2 aromatic rings. The lowest BCUT2D eigenvalue weighted by molar-refractivity contribution is -0.385. The molecule has 3 rings (SSSR count). The second kappa shape index (κ2) is 5.79. The molecule has 0 amide bonds. The Morgan fingerprint density at radius 3 is 2.67 bits per heavy atom. The summed E-state index contributed by atoms with van der Waals surface area (Å²) in [5, 5.41) is 25.0. The highest BCUT2D eigenvalue weighted by Gasteiger charge is 2.48. The number of alkyl halides is 4. The summed E-state index contributed by atoms with van der Waals surface area (Å²) in [6, 6.07) is -1.92. The molecule has 0 aromatic carbocycles. The molecule has 0 spiro atoms. The number of rotatable bonds is 6. The molecule has 1 fully saturated rings. The quantitative estimate of drug-likeness (QED) is 0.449. The first-order chi connectivity index (χ1) is 11.3. The van der Waals surface area contributed by atoms with Gasteiger partial charge in [0, 0.05) is 19.3 Å². The van der Waals surface area contributed by atoms with Gasteiger partial charge in [-0.15, -0.1) is 5.10 Å². The summed E-state index contributed by atoms with van der Waals surface area (Å²) in [6.07, 6.45) is -2.64. The molecule has 0 saturated heterocycles. The van der Waals surface area contributed by atoms with E-state index >= 15 is 0 Å². The largest absolute Gasteiger partial charge is 0.307 e. The van der Waals surface area contributed by atoms with Crippen LogP contribution in [0, 0.1) is 10.1 Å². The summed E-state index contributed by atoms with van der Waals surface area (Å²) in [4.78, 5) is 10.00. The van der Waals surface area contributed by atoms with Crippen molar-refractivity contribution in [2.75, 3.05) is 0 Å². The molecule has 1 unspecified atom stereocenters. The Kier molecular flexibility index (Phi) is 3.93. The number of halogens is 4. The SMILES string of the molecule is O=[N+]([O-])c1cnn(C(CC(F)F)c2nnnn2C2CC(F)(F)C2)c1. The fraction of sp³-hybridized carbons (Fsp3) is 0.636. The Balaban J connectivity index is 1.92. The van der Waals surface area contributed by atoms with Crippen molar-refractivity contribution in [1.82, 2.24) is 30.0 Å². The number of nitro groups is 1. The van der Waals surface area contributed by atoms with Crippen molar-refractivity contribution in [3.8, 4) is 0 Å². The maximum absolute atomic E-state index is 13.0. The zero-order chi connectivity index (χ0) is 17.5. The monoisotopic (exact) mass is 349 g/mol. The van der Waals surface area contributed by atoms with E-state index in [0.717, 1.165) is 21.8 Å². The van der Waals surface area contributed by atoms with Gasteiger partial charge in [-0.1, -0.05) is 0 Å². The van der Waals surface area contributed by atoms with E-state index in [2.05, 4.69) is 20.6 Å². The summed E-state index contributed by atoms with van der Waals surface area (Å²) in [6.45, 7) is 0. The third-order valence-corrected chi connectivity index (χ3v) is 3.75. The zero-order valence-electron chi connectivity index (χ0n) is 12.0. The van der Waals surface area contributed by atoms with Gasteiger partial charge in [0.2, 0.25) is 6.43 Å². The van der Waals surface area contributed by atoms with Crippen LogP contribution < -0.4 is 0 Å². The van der Waals surface area contributed by atoms with Crippen molar-refractivity contribution in [1.29, 1.82) is 0 Å². The first kappa shape index (κ1) is 16.3. The molecular formula is C11H11F4N7O2. The standard InChI is InChI=1S/C11H11F4N7O2/c12-9(13)1-8(20-5-7(4-16-20)22(23)24)10-17-18-19-21(10)6-2-11(14,15)3-6/h4-6,8-9H,1-3H2. The van der Waals surface area contributed by atoms with Crippen LogP contribution in [0.5, 0.6) is 0 Å². The van der Waals surface area contributed by atoms with Crippen LogP contribution in [0.4, 0.5) is 23.2 Å². The molecule has 1 aliphatic carbocycles. The summed E-state index contributed by atoms with van der Waals surface area (Å²) in [5.41, 5.74) is -0.386. The lowest BCUT2D eigenvalue weighted by atomic mass is 9.88. The van der Waals surface area contributed by atoms with E-state index in [-0.39, 0.29) is 11.5 Å². The van der Waals surface area contributed by atoms with E-state index in [1.165, 1.54) is 0 Å². The summed E-state index contributed by atoms with van der Waals surface area (Å²) in [5.74, 6) is -2.93. The molecule has 9 nitrogen and oxygen atoms in total. The van der Waals surface area contributed by atoms with Gasteiger partial charge in [-0.05, 0) is 10.4 Å². The molecule has 1 aliphatic rings. The van der Waals surface area contributed by atoms with Crippen molar-refractivity contribution in [3.05, 3.63) is 28.3 Å². The summed E-state index contributed by atoms with van der Waals surface area (Å²) < 4.78 is 53.9. The van der Waals surface area contributed by atoms with Gasteiger partial charge in [0.25, 0.3) is 5.92 Å². The molecule has 24 heavy (non-hydrogen) atoms. The summed E-state index contributed by atoms with van der Waals surface area (Å²) >= 11 is 0. The fourth-order valence-electron chi connectivity index (χ4n) is 2.58. The molecule has 0 N–H and O–H groups in total. The van der Waals surface area contributed by atoms with Crippen LogP contribution in [0.15, 0.2) is 12.4 Å². The van der Waals surface area contributed by atoms with Crippen LogP contribution in [0.1, 0.15) is 37.2 Å². The maximum atomic E-state index is 13.0. The average Bonchev–Trinajstić information content (AvgIpc) is 3.11. The molecule has 1 saturated carbocycles. The van der Waals surface area contributed by atoms with Gasteiger partial charge < -0.3 is 0 Å². The van der Waals surface area contributed by atoms with Crippen molar-refractivity contribution in [2.45, 2.75) is 43.7 Å². The minimum Gasteiger partial charge on any atom is -0.258 e. The number of aromatic nitrogens is 6. The van der Waals surface area contributed by atoms with Gasteiger partial charge in [-0.2, -0.15) is 5.10 Å². The average molecular weight is 349 g/mol. The summed E-state index contributed by atoms with van der Waals surface area (Å²) in [7, 11) is 0. The normalized spacial score (nSPS) is 18.5. The smallest absolute Gasteiger partial charge is 0.258 e. The molecule has 1 atom stereocenters. The van der Waals surface area contributed by atoms with Crippen molar-refractivity contribution in [2.24, 2.45) is 0 Å². The Bertz CT molecular complexity index is 738. The minimum atomic E-state index is -2.84. The highest BCUT2D eigenvalue weighted by Crippen LogP contribution is 2.46. The van der Waals surface area contributed by atoms with Gasteiger partial charge in [0.15, 0.2) is 5.82 Å². The third kappa shape index (κ3) is 3.05. The predicted molar refractivity (Wildman–Crippen MR) is 68.7 cm³/mol. The van der Waals surface area contributed by atoms with Crippen LogP contribution >= 0.6 is 0 Å². The highest BCUT2D eigenvalue weighted by atomic mass is 19.3. The topological polar surface area (TPSA) is 105 Å². The Hall–Kier alpha value is -2.60. The van der Waals surface area contributed by atoms with Crippen LogP contribution in [0.3, 0.4) is 0 Å². The first-order valence-corrected chi connectivity index (χ1v) is 6.89. The van der Waals surface area contributed by atoms with E-state index in [4.69, 9.17) is 0 Å². The van der Waals surface area contributed by atoms with Crippen molar-refractivity contribution in [3.63, 3.8) is 0 Å². The van der Waals surface area contributed by atoms with Gasteiger partial charge in [-0.3, -0.25) is 14.8 Å². The lowest BCUT2D eigenvalue weighted by Crippen LogP contribution is -2.39.